The molecule has 0 saturated carbocycles. The maximum absolute atomic E-state index is 13.8. The number of hydrogen-bond acceptors (Lipinski definition) is 4. The van der Waals surface area contributed by atoms with Crippen molar-refractivity contribution in [3.63, 3.8) is 0 Å². The van der Waals surface area contributed by atoms with Crippen LogP contribution in [0.1, 0.15) is 13.3 Å². The molecule has 21 heavy (non-hydrogen) atoms. The summed E-state index contributed by atoms with van der Waals surface area (Å²) in [5.41, 5.74) is 9.23. The predicted molar refractivity (Wildman–Crippen MR) is 71.4 cm³/mol. The fourth-order valence-electron chi connectivity index (χ4n) is 2.28. The van der Waals surface area contributed by atoms with Crippen molar-refractivity contribution in [2.24, 2.45) is 11.1 Å². The summed E-state index contributed by atoms with van der Waals surface area (Å²) in [7, 11) is -4.40. The highest BCUT2D eigenvalue weighted by Gasteiger charge is 2.45. The number of rotatable bonds is 3. The molecule has 1 amide bonds. The first-order valence-electron chi connectivity index (χ1n) is 6.12. The SMILES string of the molecule is CC1(C(N)=O)CCN(S(=O)(=O)c2c(F)cc(N)cc2F)C1. The van der Waals surface area contributed by atoms with Gasteiger partial charge in [0.25, 0.3) is 0 Å². The molecule has 0 aromatic heterocycles. The third kappa shape index (κ3) is 2.58. The molecule has 1 atom stereocenters. The fourth-order valence-corrected chi connectivity index (χ4v) is 3.94. The number of halogens is 2. The lowest BCUT2D eigenvalue weighted by molar-refractivity contribution is -0.126. The molecule has 1 aromatic carbocycles. The van der Waals surface area contributed by atoms with Gasteiger partial charge in [0.1, 0.15) is 11.6 Å². The normalized spacial score (nSPS) is 23.4. The van der Waals surface area contributed by atoms with Crippen LogP contribution in [0.4, 0.5) is 14.5 Å². The lowest BCUT2D eigenvalue weighted by Crippen LogP contribution is -2.39. The Morgan fingerprint density at radius 1 is 1.33 bits per heavy atom. The largest absolute Gasteiger partial charge is 0.399 e. The van der Waals surface area contributed by atoms with Crippen molar-refractivity contribution < 1.29 is 22.0 Å². The zero-order valence-electron chi connectivity index (χ0n) is 11.3. The number of anilines is 1. The van der Waals surface area contributed by atoms with Crippen LogP contribution in [0.5, 0.6) is 0 Å². The van der Waals surface area contributed by atoms with Gasteiger partial charge in [-0.2, -0.15) is 4.31 Å². The number of primary amides is 1. The summed E-state index contributed by atoms with van der Waals surface area (Å²) in [5.74, 6) is -3.18. The van der Waals surface area contributed by atoms with Gasteiger partial charge in [-0.15, -0.1) is 0 Å². The van der Waals surface area contributed by atoms with Gasteiger partial charge in [0.2, 0.25) is 15.9 Å². The average Bonchev–Trinajstić information content (AvgIpc) is 2.72. The monoisotopic (exact) mass is 319 g/mol. The Morgan fingerprint density at radius 3 is 2.29 bits per heavy atom. The van der Waals surface area contributed by atoms with Crippen LogP contribution in [-0.4, -0.2) is 31.7 Å². The summed E-state index contributed by atoms with van der Waals surface area (Å²) in [6.45, 7) is 1.26. The minimum Gasteiger partial charge on any atom is -0.399 e. The van der Waals surface area contributed by atoms with Crippen molar-refractivity contribution in [3.05, 3.63) is 23.8 Å². The molecule has 0 radical (unpaired) electrons. The van der Waals surface area contributed by atoms with Crippen LogP contribution in [0.3, 0.4) is 0 Å². The highest BCUT2D eigenvalue weighted by molar-refractivity contribution is 7.89. The molecular weight excluding hydrogens is 304 g/mol. The number of nitrogens with zero attached hydrogens (tertiary/aromatic N) is 1. The molecular formula is C12H15F2N3O3S. The topological polar surface area (TPSA) is 106 Å². The molecule has 0 spiro atoms. The summed E-state index contributed by atoms with van der Waals surface area (Å²) in [5, 5.41) is 0. The first-order valence-corrected chi connectivity index (χ1v) is 7.56. The highest BCUT2D eigenvalue weighted by atomic mass is 32.2. The van der Waals surface area contributed by atoms with Gasteiger partial charge in [0, 0.05) is 18.8 Å². The Kier molecular flexibility index (Phi) is 3.66. The third-order valence-electron chi connectivity index (χ3n) is 3.65. The van der Waals surface area contributed by atoms with Gasteiger partial charge in [0.05, 0.1) is 5.41 Å². The molecule has 116 valence electrons. The molecule has 0 bridgehead atoms. The Morgan fingerprint density at radius 2 is 1.86 bits per heavy atom. The van der Waals surface area contributed by atoms with Crippen molar-refractivity contribution in [1.29, 1.82) is 0 Å². The van der Waals surface area contributed by atoms with Crippen molar-refractivity contribution in [2.45, 2.75) is 18.2 Å². The summed E-state index contributed by atoms with van der Waals surface area (Å²) in [6.07, 6.45) is 0.194. The summed E-state index contributed by atoms with van der Waals surface area (Å²) in [6, 6.07) is 1.47. The van der Waals surface area contributed by atoms with Crippen LogP contribution < -0.4 is 11.5 Å². The third-order valence-corrected chi connectivity index (χ3v) is 5.55. The molecule has 1 aromatic rings. The second kappa shape index (κ2) is 4.92. The van der Waals surface area contributed by atoms with E-state index in [1.807, 2.05) is 0 Å². The molecule has 9 heteroatoms. The minimum absolute atomic E-state index is 0.0367. The van der Waals surface area contributed by atoms with Gasteiger partial charge in [-0.3, -0.25) is 4.79 Å². The van der Waals surface area contributed by atoms with E-state index in [0.29, 0.717) is 0 Å². The number of carbonyl (C=O) groups excluding carboxylic acids is 1. The summed E-state index contributed by atoms with van der Waals surface area (Å²) in [4.78, 5) is 10.3. The van der Waals surface area contributed by atoms with Gasteiger partial charge in [-0.25, -0.2) is 17.2 Å². The second-order valence-corrected chi connectivity index (χ2v) is 7.20. The summed E-state index contributed by atoms with van der Waals surface area (Å²) < 4.78 is 53.1. The first-order chi connectivity index (χ1) is 9.58. The van der Waals surface area contributed by atoms with E-state index < -0.39 is 37.9 Å². The van der Waals surface area contributed by atoms with Crippen molar-refractivity contribution in [3.8, 4) is 0 Å². The van der Waals surface area contributed by atoms with E-state index in [4.69, 9.17) is 11.5 Å². The van der Waals surface area contributed by atoms with Gasteiger partial charge >= 0.3 is 0 Å². The van der Waals surface area contributed by atoms with Gasteiger partial charge in [0.15, 0.2) is 4.90 Å². The van der Waals surface area contributed by atoms with Gasteiger partial charge in [-0.1, -0.05) is 0 Å². The van der Waals surface area contributed by atoms with Crippen LogP contribution >= 0.6 is 0 Å². The molecule has 1 aliphatic rings. The molecule has 1 saturated heterocycles. The first kappa shape index (κ1) is 15.6. The van der Waals surface area contributed by atoms with Gasteiger partial charge < -0.3 is 11.5 Å². The number of sulfonamides is 1. The number of nitrogens with two attached hydrogens (primary N) is 2. The van der Waals surface area contributed by atoms with E-state index in [9.17, 15) is 22.0 Å². The molecule has 4 N–H and O–H groups in total. The Hall–Kier alpha value is -1.74. The van der Waals surface area contributed by atoms with E-state index in [1.54, 1.807) is 0 Å². The second-order valence-electron chi connectivity index (χ2n) is 5.33. The molecule has 1 unspecified atom stereocenters. The fraction of sp³-hybridized carbons (Fsp3) is 0.417. The van der Waals surface area contributed by atoms with E-state index in [1.165, 1.54) is 6.92 Å². The van der Waals surface area contributed by atoms with Crippen LogP contribution in [-0.2, 0) is 14.8 Å². The van der Waals surface area contributed by atoms with E-state index in [0.717, 1.165) is 16.4 Å². The lowest BCUT2D eigenvalue weighted by atomic mass is 9.89. The van der Waals surface area contributed by atoms with Crippen molar-refractivity contribution >= 4 is 21.6 Å². The molecule has 0 aliphatic carbocycles. The molecule has 1 heterocycles. The maximum atomic E-state index is 13.8. The Labute approximate surface area is 120 Å². The zero-order chi connectivity index (χ0) is 16.0. The van der Waals surface area contributed by atoms with Crippen molar-refractivity contribution in [1.82, 2.24) is 4.31 Å². The number of nitrogen functional groups attached to an aromatic ring is 1. The van der Waals surface area contributed by atoms with Crippen LogP contribution in [0, 0.1) is 17.0 Å². The average molecular weight is 319 g/mol. The van der Waals surface area contributed by atoms with E-state index in [2.05, 4.69) is 0 Å². The van der Waals surface area contributed by atoms with Gasteiger partial charge in [-0.05, 0) is 25.5 Å². The molecule has 6 nitrogen and oxygen atoms in total. The van der Waals surface area contributed by atoms with Crippen LogP contribution in [0.25, 0.3) is 0 Å². The Balaban J connectivity index is 2.44. The lowest BCUT2D eigenvalue weighted by Gasteiger charge is -2.21. The van der Waals surface area contributed by atoms with Crippen molar-refractivity contribution in [2.75, 3.05) is 18.8 Å². The van der Waals surface area contributed by atoms with Crippen LogP contribution in [0.2, 0.25) is 0 Å². The number of amides is 1. The quantitative estimate of drug-likeness (QED) is 0.788. The molecule has 1 aliphatic heterocycles. The van der Waals surface area contributed by atoms with Crippen LogP contribution in [0.15, 0.2) is 17.0 Å². The Bertz CT molecular complexity index is 685. The minimum atomic E-state index is -4.40. The van der Waals surface area contributed by atoms with E-state index in [-0.39, 0.29) is 25.2 Å². The highest BCUT2D eigenvalue weighted by Crippen LogP contribution is 2.34. The predicted octanol–water partition coefficient (Wildman–Crippen LogP) is 0.433. The smallest absolute Gasteiger partial charge is 0.248 e. The molecule has 2 rings (SSSR count). The molecule has 1 fully saturated rings. The van der Waals surface area contributed by atoms with E-state index >= 15 is 0 Å². The number of benzene rings is 1. The zero-order valence-corrected chi connectivity index (χ0v) is 12.1. The number of hydrogen-bond donors (Lipinski definition) is 2. The standard InChI is InChI=1S/C12H15F2N3O3S/c1-12(11(16)18)2-3-17(6-12)21(19,20)10-8(13)4-7(15)5-9(10)14/h4-5H,2-3,6,15H2,1H3,(H2,16,18). The summed E-state index contributed by atoms with van der Waals surface area (Å²) >= 11 is 0. The number of carbonyl (C=O) groups is 1. The maximum Gasteiger partial charge on any atom is 0.248 e.